The zero-order chi connectivity index (χ0) is 17.2. The first-order chi connectivity index (χ1) is 12.2. The van der Waals surface area contributed by atoms with Gasteiger partial charge >= 0.3 is 0 Å². The Balaban J connectivity index is 1.72. The lowest BCUT2D eigenvalue weighted by molar-refractivity contribution is 0.0917. The van der Waals surface area contributed by atoms with Crippen molar-refractivity contribution in [1.82, 2.24) is 4.98 Å². The van der Waals surface area contributed by atoms with Crippen molar-refractivity contribution in [2.45, 2.75) is 18.9 Å². The highest BCUT2D eigenvalue weighted by molar-refractivity contribution is 7.22. The van der Waals surface area contributed by atoms with Gasteiger partial charge < -0.3 is 4.74 Å². The van der Waals surface area contributed by atoms with Crippen molar-refractivity contribution < 1.29 is 13.9 Å². The minimum absolute atomic E-state index is 0.00970. The van der Waals surface area contributed by atoms with Crippen LogP contribution in [0.1, 0.15) is 23.2 Å². The predicted octanol–water partition coefficient (Wildman–Crippen LogP) is 4.26. The van der Waals surface area contributed by atoms with E-state index in [1.807, 2.05) is 24.3 Å². The van der Waals surface area contributed by atoms with Crippen LogP contribution in [0.25, 0.3) is 10.2 Å². The fourth-order valence-corrected chi connectivity index (χ4v) is 3.98. The molecule has 25 heavy (non-hydrogen) atoms. The maximum atomic E-state index is 14.0. The number of thiazole rings is 1. The maximum Gasteiger partial charge on any atom is 0.260 e. The Labute approximate surface area is 148 Å². The number of benzene rings is 2. The van der Waals surface area contributed by atoms with Gasteiger partial charge in [-0.1, -0.05) is 35.6 Å². The van der Waals surface area contributed by atoms with Gasteiger partial charge in [-0.15, -0.1) is 0 Å². The molecule has 3 aromatic rings. The van der Waals surface area contributed by atoms with Crippen molar-refractivity contribution in [1.29, 1.82) is 0 Å². The molecule has 0 radical (unpaired) electrons. The van der Waals surface area contributed by atoms with E-state index in [4.69, 9.17) is 4.74 Å². The Morgan fingerprint density at radius 1 is 1.24 bits per heavy atom. The van der Waals surface area contributed by atoms with Crippen LogP contribution < -0.4 is 4.90 Å². The maximum absolute atomic E-state index is 14.0. The molecule has 1 amide bonds. The number of carbonyl (C=O) groups is 1. The summed E-state index contributed by atoms with van der Waals surface area (Å²) in [4.78, 5) is 19.1. The number of halogens is 1. The molecule has 0 saturated carbocycles. The zero-order valence-corrected chi connectivity index (χ0v) is 14.3. The summed E-state index contributed by atoms with van der Waals surface area (Å²) < 4.78 is 20.4. The van der Waals surface area contributed by atoms with Crippen LogP contribution in [0.2, 0.25) is 0 Å². The molecule has 6 heteroatoms. The number of rotatable bonds is 4. The van der Waals surface area contributed by atoms with Gasteiger partial charge in [-0.3, -0.25) is 9.69 Å². The molecule has 1 aromatic heterocycles. The molecule has 128 valence electrons. The van der Waals surface area contributed by atoms with Crippen LogP contribution >= 0.6 is 11.3 Å². The third kappa shape index (κ3) is 3.27. The third-order valence-electron chi connectivity index (χ3n) is 4.27. The summed E-state index contributed by atoms with van der Waals surface area (Å²) in [5.41, 5.74) is 0.890. The number of aromatic nitrogens is 1. The topological polar surface area (TPSA) is 42.4 Å². The van der Waals surface area contributed by atoms with E-state index in [1.165, 1.54) is 17.4 Å². The van der Waals surface area contributed by atoms with Crippen LogP contribution in [0.15, 0.2) is 48.5 Å². The number of nitrogens with zero attached hydrogens (tertiary/aromatic N) is 2. The molecule has 4 rings (SSSR count). The number of hydrogen-bond acceptors (Lipinski definition) is 4. The van der Waals surface area contributed by atoms with E-state index in [9.17, 15) is 9.18 Å². The van der Waals surface area contributed by atoms with Crippen molar-refractivity contribution in [2.75, 3.05) is 18.1 Å². The van der Waals surface area contributed by atoms with E-state index >= 15 is 0 Å². The molecule has 0 N–H and O–H groups in total. The first-order valence-corrected chi connectivity index (χ1v) is 9.07. The number of hydrogen-bond donors (Lipinski definition) is 0. The Morgan fingerprint density at radius 2 is 2.08 bits per heavy atom. The van der Waals surface area contributed by atoms with E-state index in [-0.39, 0.29) is 17.8 Å². The van der Waals surface area contributed by atoms with Gasteiger partial charge in [0.25, 0.3) is 5.91 Å². The van der Waals surface area contributed by atoms with Crippen LogP contribution in [-0.4, -0.2) is 30.1 Å². The molecule has 0 spiro atoms. The minimum Gasteiger partial charge on any atom is -0.376 e. The molecule has 2 heterocycles. The van der Waals surface area contributed by atoms with E-state index in [0.717, 1.165) is 17.5 Å². The third-order valence-corrected chi connectivity index (χ3v) is 5.31. The average molecular weight is 356 g/mol. The van der Waals surface area contributed by atoms with Crippen molar-refractivity contribution in [3.63, 3.8) is 0 Å². The van der Waals surface area contributed by atoms with Crippen LogP contribution in [-0.2, 0) is 4.74 Å². The number of ether oxygens (including phenoxy) is 1. The Bertz CT molecular complexity index is 891. The van der Waals surface area contributed by atoms with Gasteiger partial charge in [0.15, 0.2) is 5.13 Å². The second-order valence-electron chi connectivity index (χ2n) is 6.00. The summed E-state index contributed by atoms with van der Waals surface area (Å²) in [6.45, 7) is 1.14. The van der Waals surface area contributed by atoms with Crippen molar-refractivity contribution in [3.05, 3.63) is 59.9 Å². The number of amides is 1. The molecule has 1 fully saturated rings. The molecule has 4 nitrogen and oxygen atoms in total. The molecule has 1 atom stereocenters. The summed E-state index contributed by atoms with van der Waals surface area (Å²) in [5.74, 6) is -0.514. The summed E-state index contributed by atoms with van der Waals surface area (Å²) in [6, 6.07) is 13.9. The molecular weight excluding hydrogens is 339 g/mol. The lowest BCUT2D eigenvalue weighted by Gasteiger charge is -2.23. The Morgan fingerprint density at radius 3 is 2.80 bits per heavy atom. The highest BCUT2D eigenvalue weighted by atomic mass is 32.1. The quantitative estimate of drug-likeness (QED) is 0.701. The first kappa shape index (κ1) is 16.2. The normalized spacial score (nSPS) is 17.1. The van der Waals surface area contributed by atoms with E-state index in [2.05, 4.69) is 4.98 Å². The number of para-hydroxylation sites is 1. The van der Waals surface area contributed by atoms with Crippen LogP contribution in [0, 0.1) is 5.82 Å². The molecule has 1 aliphatic rings. The number of carbonyl (C=O) groups excluding carboxylic acids is 1. The van der Waals surface area contributed by atoms with Crippen LogP contribution in [0.4, 0.5) is 9.52 Å². The summed E-state index contributed by atoms with van der Waals surface area (Å²) in [7, 11) is 0. The molecule has 1 aliphatic heterocycles. The Hall–Kier alpha value is -2.31. The standard InChI is InChI=1S/C19H17FN2O2S/c20-15-9-4-10-16-17(15)21-19(25-16)22(12-14-8-5-11-24-14)18(23)13-6-2-1-3-7-13/h1-4,6-7,9-10,14H,5,8,11-12H2. The molecule has 1 unspecified atom stereocenters. The summed E-state index contributed by atoms with van der Waals surface area (Å²) in [5, 5.41) is 0.504. The van der Waals surface area contributed by atoms with Crippen LogP contribution in [0.3, 0.4) is 0 Å². The van der Waals surface area contributed by atoms with Gasteiger partial charge in [0, 0.05) is 12.2 Å². The summed E-state index contributed by atoms with van der Waals surface area (Å²) in [6.07, 6.45) is 1.90. The molecule has 0 aliphatic carbocycles. The first-order valence-electron chi connectivity index (χ1n) is 8.26. The monoisotopic (exact) mass is 356 g/mol. The predicted molar refractivity (Wildman–Crippen MR) is 96.7 cm³/mol. The van der Waals surface area contributed by atoms with Gasteiger partial charge in [0.2, 0.25) is 0 Å². The zero-order valence-electron chi connectivity index (χ0n) is 13.5. The van der Waals surface area contributed by atoms with Crippen molar-refractivity contribution >= 4 is 32.6 Å². The van der Waals surface area contributed by atoms with E-state index < -0.39 is 0 Å². The van der Waals surface area contributed by atoms with Gasteiger partial charge in [0.05, 0.1) is 17.3 Å². The molecule has 0 bridgehead atoms. The van der Waals surface area contributed by atoms with E-state index in [1.54, 1.807) is 23.1 Å². The summed E-state index contributed by atoms with van der Waals surface area (Å²) >= 11 is 1.32. The molecule has 2 aromatic carbocycles. The SMILES string of the molecule is O=C(c1ccccc1)N(CC1CCCO1)c1nc2c(F)cccc2s1. The fraction of sp³-hybridized carbons (Fsp3) is 0.263. The number of anilines is 1. The van der Waals surface area contributed by atoms with Gasteiger partial charge in [0.1, 0.15) is 11.3 Å². The highest BCUT2D eigenvalue weighted by Gasteiger charge is 2.27. The lowest BCUT2D eigenvalue weighted by atomic mass is 10.2. The minimum atomic E-state index is -0.371. The van der Waals surface area contributed by atoms with Gasteiger partial charge in [-0.2, -0.15) is 0 Å². The number of fused-ring (bicyclic) bond motifs is 1. The van der Waals surface area contributed by atoms with Gasteiger partial charge in [-0.25, -0.2) is 9.37 Å². The van der Waals surface area contributed by atoms with Crippen molar-refractivity contribution in [3.8, 4) is 0 Å². The lowest BCUT2D eigenvalue weighted by Crippen LogP contribution is -2.37. The second-order valence-corrected chi connectivity index (χ2v) is 7.01. The Kier molecular flexibility index (Phi) is 4.46. The fourth-order valence-electron chi connectivity index (χ4n) is 3.00. The second kappa shape index (κ2) is 6.90. The van der Waals surface area contributed by atoms with E-state index in [0.29, 0.717) is 29.4 Å². The van der Waals surface area contributed by atoms with Gasteiger partial charge in [-0.05, 0) is 37.1 Å². The molecular formula is C19H17FN2O2S. The average Bonchev–Trinajstić information content (AvgIpc) is 3.30. The van der Waals surface area contributed by atoms with Crippen molar-refractivity contribution in [2.24, 2.45) is 0 Å². The largest absolute Gasteiger partial charge is 0.376 e. The smallest absolute Gasteiger partial charge is 0.260 e. The molecule has 1 saturated heterocycles. The van der Waals surface area contributed by atoms with Crippen LogP contribution in [0.5, 0.6) is 0 Å². The highest BCUT2D eigenvalue weighted by Crippen LogP contribution is 2.32.